The Morgan fingerprint density at radius 2 is 1.90 bits per heavy atom. The Bertz CT molecular complexity index is 789. The Labute approximate surface area is 121 Å². The lowest BCUT2D eigenvalue weighted by Crippen LogP contribution is -2.03. The van der Waals surface area contributed by atoms with Crippen LogP contribution < -0.4 is 5.73 Å². The molecule has 0 fully saturated rings. The summed E-state index contributed by atoms with van der Waals surface area (Å²) in [6.07, 6.45) is 0. The highest BCUT2D eigenvalue weighted by Gasteiger charge is 2.16. The molecule has 0 aliphatic rings. The number of nitrogen functional groups attached to an aromatic ring is 1. The van der Waals surface area contributed by atoms with E-state index in [-0.39, 0.29) is 5.82 Å². The van der Waals surface area contributed by atoms with Crippen molar-refractivity contribution >= 4 is 5.69 Å². The first-order valence-electron chi connectivity index (χ1n) is 6.48. The third-order valence-corrected chi connectivity index (χ3v) is 3.40. The molecule has 21 heavy (non-hydrogen) atoms. The zero-order valence-electron chi connectivity index (χ0n) is 11.7. The molecule has 0 saturated heterocycles. The third-order valence-electron chi connectivity index (χ3n) is 3.40. The van der Waals surface area contributed by atoms with Crippen molar-refractivity contribution < 1.29 is 4.39 Å². The van der Waals surface area contributed by atoms with Crippen molar-refractivity contribution in [3.05, 3.63) is 53.3 Å². The van der Waals surface area contributed by atoms with Crippen molar-refractivity contribution in [2.24, 2.45) is 0 Å². The number of hydrogen-bond acceptors (Lipinski definition) is 4. The van der Waals surface area contributed by atoms with Crippen molar-refractivity contribution in [2.45, 2.75) is 13.8 Å². The van der Waals surface area contributed by atoms with Crippen LogP contribution in [-0.2, 0) is 0 Å². The number of aryl methyl sites for hydroxylation is 2. The molecule has 0 aliphatic heterocycles. The average Bonchev–Trinajstić information content (AvgIpc) is 2.91. The minimum atomic E-state index is -0.299. The minimum absolute atomic E-state index is 0.299. The van der Waals surface area contributed by atoms with Gasteiger partial charge in [-0.3, -0.25) is 0 Å². The van der Waals surface area contributed by atoms with E-state index < -0.39 is 0 Å². The molecule has 3 aromatic rings. The fraction of sp³-hybridized carbons (Fsp3) is 0.133. The van der Waals surface area contributed by atoms with Gasteiger partial charge in [0, 0.05) is 11.3 Å². The van der Waals surface area contributed by atoms with Gasteiger partial charge < -0.3 is 5.73 Å². The summed E-state index contributed by atoms with van der Waals surface area (Å²) in [5.41, 5.74) is 9.45. The number of nitrogens with two attached hydrogens (primary N) is 1. The van der Waals surface area contributed by atoms with Crippen LogP contribution in [0.15, 0.2) is 36.4 Å². The molecule has 2 N–H and O–H groups in total. The molecular formula is C15H14FN5. The summed E-state index contributed by atoms with van der Waals surface area (Å²) < 4.78 is 15.2. The highest BCUT2D eigenvalue weighted by atomic mass is 19.1. The Balaban J connectivity index is 2.20. The molecule has 3 rings (SSSR count). The summed E-state index contributed by atoms with van der Waals surface area (Å²) >= 11 is 0. The van der Waals surface area contributed by atoms with Gasteiger partial charge in [-0.2, -0.15) is 4.68 Å². The summed E-state index contributed by atoms with van der Waals surface area (Å²) in [6, 6.07) is 10.5. The van der Waals surface area contributed by atoms with E-state index in [1.54, 1.807) is 25.1 Å². The standard InChI is InChI=1S/C15H14FN5/c1-9-6-7-11(8-12(9)16)21-15(18-19-20-21)14-10(2)4-3-5-13(14)17/h3-8H,17H2,1-2H3. The van der Waals surface area contributed by atoms with Gasteiger partial charge in [0.15, 0.2) is 5.82 Å². The monoisotopic (exact) mass is 283 g/mol. The van der Waals surface area contributed by atoms with Crippen molar-refractivity contribution in [3.8, 4) is 17.1 Å². The minimum Gasteiger partial charge on any atom is -0.398 e. The van der Waals surface area contributed by atoms with Gasteiger partial charge in [-0.05, 0) is 53.6 Å². The summed E-state index contributed by atoms with van der Waals surface area (Å²) in [5, 5.41) is 11.7. The number of halogens is 1. The van der Waals surface area contributed by atoms with E-state index in [1.165, 1.54) is 10.7 Å². The van der Waals surface area contributed by atoms with E-state index in [0.717, 1.165) is 11.1 Å². The maximum atomic E-state index is 13.8. The summed E-state index contributed by atoms with van der Waals surface area (Å²) in [7, 11) is 0. The van der Waals surface area contributed by atoms with E-state index in [9.17, 15) is 4.39 Å². The number of rotatable bonds is 2. The quantitative estimate of drug-likeness (QED) is 0.734. The lowest BCUT2D eigenvalue weighted by Gasteiger charge is -2.10. The molecular weight excluding hydrogens is 269 g/mol. The molecule has 0 amide bonds. The Morgan fingerprint density at radius 3 is 2.62 bits per heavy atom. The van der Waals surface area contributed by atoms with Crippen LogP contribution in [0.2, 0.25) is 0 Å². The van der Waals surface area contributed by atoms with E-state index in [1.807, 2.05) is 19.1 Å². The molecule has 0 unspecified atom stereocenters. The zero-order valence-corrected chi connectivity index (χ0v) is 11.7. The molecule has 2 aromatic carbocycles. The molecule has 0 radical (unpaired) electrons. The van der Waals surface area contributed by atoms with Gasteiger partial charge in [-0.1, -0.05) is 18.2 Å². The largest absolute Gasteiger partial charge is 0.398 e. The second kappa shape index (κ2) is 4.97. The molecule has 0 saturated carbocycles. The highest BCUT2D eigenvalue weighted by Crippen LogP contribution is 2.28. The van der Waals surface area contributed by atoms with Crippen LogP contribution in [0.1, 0.15) is 11.1 Å². The maximum Gasteiger partial charge on any atom is 0.189 e. The number of anilines is 1. The predicted octanol–water partition coefficient (Wildman–Crippen LogP) is 2.67. The fourth-order valence-electron chi connectivity index (χ4n) is 2.23. The summed E-state index contributed by atoms with van der Waals surface area (Å²) in [6.45, 7) is 3.64. The van der Waals surface area contributed by atoms with Gasteiger partial charge >= 0.3 is 0 Å². The van der Waals surface area contributed by atoms with Crippen molar-refractivity contribution in [2.75, 3.05) is 5.73 Å². The van der Waals surface area contributed by atoms with Crippen LogP contribution in [0.4, 0.5) is 10.1 Å². The lowest BCUT2D eigenvalue weighted by molar-refractivity contribution is 0.615. The van der Waals surface area contributed by atoms with Crippen LogP contribution >= 0.6 is 0 Å². The number of tetrazole rings is 1. The fourth-order valence-corrected chi connectivity index (χ4v) is 2.23. The number of nitrogens with zero attached hydrogens (tertiary/aromatic N) is 4. The normalized spacial score (nSPS) is 10.8. The molecule has 0 aliphatic carbocycles. The van der Waals surface area contributed by atoms with Gasteiger partial charge in [0.05, 0.1) is 5.69 Å². The van der Waals surface area contributed by atoms with E-state index in [2.05, 4.69) is 15.5 Å². The van der Waals surface area contributed by atoms with Crippen LogP contribution in [0.25, 0.3) is 17.1 Å². The maximum absolute atomic E-state index is 13.8. The highest BCUT2D eigenvalue weighted by molar-refractivity contribution is 5.75. The average molecular weight is 283 g/mol. The van der Waals surface area contributed by atoms with Crippen molar-refractivity contribution in [1.29, 1.82) is 0 Å². The summed E-state index contributed by atoms with van der Waals surface area (Å²) in [5.74, 6) is 0.195. The third kappa shape index (κ3) is 2.24. The Morgan fingerprint density at radius 1 is 1.10 bits per heavy atom. The number of benzene rings is 2. The second-order valence-electron chi connectivity index (χ2n) is 4.89. The first kappa shape index (κ1) is 13.2. The van der Waals surface area contributed by atoms with Crippen molar-refractivity contribution in [1.82, 2.24) is 20.2 Å². The molecule has 0 spiro atoms. The molecule has 5 nitrogen and oxygen atoms in total. The van der Waals surface area contributed by atoms with Crippen LogP contribution in [0.3, 0.4) is 0 Å². The topological polar surface area (TPSA) is 69.6 Å². The zero-order chi connectivity index (χ0) is 15.0. The second-order valence-corrected chi connectivity index (χ2v) is 4.89. The summed E-state index contributed by atoms with van der Waals surface area (Å²) in [4.78, 5) is 0. The van der Waals surface area contributed by atoms with E-state index >= 15 is 0 Å². The first-order chi connectivity index (χ1) is 10.1. The smallest absolute Gasteiger partial charge is 0.189 e. The molecule has 106 valence electrons. The van der Waals surface area contributed by atoms with Gasteiger partial charge in [0.1, 0.15) is 5.82 Å². The Kier molecular flexibility index (Phi) is 3.13. The molecule has 0 bridgehead atoms. The molecule has 6 heteroatoms. The van der Waals surface area contributed by atoms with Crippen LogP contribution in [-0.4, -0.2) is 20.2 Å². The SMILES string of the molecule is Cc1ccc(-n2nnnc2-c2c(C)cccc2N)cc1F. The van der Waals surface area contributed by atoms with Crippen LogP contribution in [0, 0.1) is 19.7 Å². The van der Waals surface area contributed by atoms with Gasteiger partial charge in [-0.25, -0.2) is 4.39 Å². The number of aromatic nitrogens is 4. The van der Waals surface area contributed by atoms with Crippen molar-refractivity contribution in [3.63, 3.8) is 0 Å². The molecule has 1 heterocycles. The van der Waals surface area contributed by atoms with E-state index in [0.29, 0.717) is 22.8 Å². The van der Waals surface area contributed by atoms with E-state index in [4.69, 9.17) is 5.73 Å². The molecule has 0 atom stereocenters. The van der Waals surface area contributed by atoms with Crippen LogP contribution in [0.5, 0.6) is 0 Å². The molecule has 1 aromatic heterocycles. The predicted molar refractivity (Wildman–Crippen MR) is 78.4 cm³/mol. The lowest BCUT2D eigenvalue weighted by atomic mass is 10.1. The van der Waals surface area contributed by atoms with Gasteiger partial charge in [0.2, 0.25) is 0 Å². The first-order valence-corrected chi connectivity index (χ1v) is 6.48. The Hall–Kier alpha value is -2.76. The number of hydrogen-bond donors (Lipinski definition) is 1. The van der Waals surface area contributed by atoms with Gasteiger partial charge in [0.25, 0.3) is 0 Å². The van der Waals surface area contributed by atoms with Gasteiger partial charge in [-0.15, -0.1) is 5.10 Å².